The van der Waals surface area contributed by atoms with Crippen LogP contribution in [0.1, 0.15) is 19.6 Å². The monoisotopic (exact) mass is 273 g/mol. The molecule has 2 rings (SSSR count). The average Bonchev–Trinajstić information content (AvgIpc) is 2.77. The minimum atomic E-state index is -4.73. The predicted molar refractivity (Wildman–Crippen MR) is 64.7 cm³/mol. The summed E-state index contributed by atoms with van der Waals surface area (Å²) in [6.45, 7) is 5.66. The Morgan fingerprint density at radius 1 is 1.16 bits per heavy atom. The van der Waals surface area contributed by atoms with Crippen LogP contribution in [0.3, 0.4) is 0 Å². The molecule has 0 N–H and O–H groups in total. The summed E-state index contributed by atoms with van der Waals surface area (Å²) in [5, 5.41) is 3.65. The van der Waals surface area contributed by atoms with E-state index in [0.717, 1.165) is 0 Å². The van der Waals surface area contributed by atoms with Crippen molar-refractivity contribution in [3.8, 4) is 17.0 Å². The molecule has 0 saturated heterocycles. The molecule has 0 amide bonds. The number of hydrogen-bond donors (Lipinski definition) is 0. The Morgan fingerprint density at radius 2 is 1.79 bits per heavy atom. The summed E-state index contributed by atoms with van der Waals surface area (Å²) in [6, 6.07) is 7.31. The lowest BCUT2D eigenvalue weighted by molar-refractivity contribution is -0.274. The van der Waals surface area contributed by atoms with Crippen molar-refractivity contribution >= 4 is 0 Å². The van der Waals surface area contributed by atoms with E-state index in [1.807, 2.05) is 13.8 Å². The predicted octanol–water partition coefficient (Wildman–Crippen LogP) is 4.57. The number of aromatic nitrogens is 1. The van der Waals surface area contributed by atoms with Gasteiger partial charge in [0.05, 0.1) is 0 Å². The molecule has 0 atom stereocenters. The molecule has 1 aromatic carbocycles. The maximum absolute atomic E-state index is 12.2. The van der Waals surface area contributed by atoms with Crippen molar-refractivity contribution < 1.29 is 22.4 Å². The maximum Gasteiger partial charge on any atom is 0.573 e. The minimum Gasteiger partial charge on any atom is -0.405 e. The first-order chi connectivity index (χ1) is 8.96. The van der Waals surface area contributed by atoms with Gasteiger partial charge in [-0.25, -0.2) is 0 Å². The number of hydrogen-bond acceptors (Lipinski definition) is 3. The van der Waals surface area contributed by atoms with Crippen molar-refractivity contribution in [1.82, 2.24) is 5.16 Å². The fraction of sp³-hybridized carbons (Fsp3) is 0.308. The summed E-state index contributed by atoms with van der Waals surface area (Å²) in [6.07, 6.45) is -4.73. The largest absolute Gasteiger partial charge is 0.573 e. The molecule has 1 aromatic heterocycles. The van der Waals surface area contributed by atoms with E-state index in [1.165, 1.54) is 18.2 Å². The molecule has 19 heavy (non-hydrogen) atoms. The molecule has 3 nitrogen and oxygen atoms in total. The lowest BCUT2D eigenvalue weighted by Crippen LogP contribution is -2.17. The molecule has 6 heteroatoms. The Balaban J connectivity index is 0.000000861. The lowest BCUT2D eigenvalue weighted by atomic mass is 10.1. The standard InChI is InChI=1S/C11H8F3NO2.C2H6/c1-7-6-9(15-17-7)8-4-2-3-5-10(8)16-11(12,13)14;1-2/h2-6H,1H3;1-2H3. The van der Waals surface area contributed by atoms with Crippen molar-refractivity contribution in [3.05, 3.63) is 36.1 Å². The molecule has 0 spiro atoms. The zero-order valence-corrected chi connectivity index (χ0v) is 10.8. The molecule has 104 valence electrons. The molecule has 0 fully saturated rings. The molecule has 0 bridgehead atoms. The van der Waals surface area contributed by atoms with Crippen molar-refractivity contribution in [2.24, 2.45) is 0 Å². The van der Waals surface area contributed by atoms with Gasteiger partial charge < -0.3 is 9.26 Å². The van der Waals surface area contributed by atoms with Crippen LogP contribution in [0, 0.1) is 6.92 Å². The number of benzene rings is 1. The van der Waals surface area contributed by atoms with Gasteiger partial charge in [-0.2, -0.15) is 0 Å². The van der Waals surface area contributed by atoms with Crippen molar-refractivity contribution in [3.63, 3.8) is 0 Å². The maximum atomic E-state index is 12.2. The molecular weight excluding hydrogens is 259 g/mol. The molecule has 1 heterocycles. The van der Waals surface area contributed by atoms with Crippen LogP contribution >= 0.6 is 0 Å². The smallest absolute Gasteiger partial charge is 0.405 e. The van der Waals surface area contributed by atoms with Crippen molar-refractivity contribution in [2.75, 3.05) is 0 Å². The van der Waals surface area contributed by atoms with Crippen molar-refractivity contribution in [2.45, 2.75) is 27.1 Å². The summed E-state index contributed by atoms with van der Waals surface area (Å²) in [7, 11) is 0. The fourth-order valence-corrected chi connectivity index (χ4v) is 1.39. The highest BCUT2D eigenvalue weighted by Crippen LogP contribution is 2.33. The van der Waals surface area contributed by atoms with Crippen LogP contribution in [0.15, 0.2) is 34.9 Å². The number of halogens is 3. The van der Waals surface area contributed by atoms with E-state index in [1.54, 1.807) is 19.1 Å². The Morgan fingerprint density at radius 3 is 2.32 bits per heavy atom. The highest BCUT2D eigenvalue weighted by atomic mass is 19.4. The van der Waals surface area contributed by atoms with Gasteiger partial charge in [0.15, 0.2) is 0 Å². The van der Waals surface area contributed by atoms with Crippen LogP contribution in [-0.2, 0) is 0 Å². The molecule has 0 unspecified atom stereocenters. The van der Waals surface area contributed by atoms with E-state index in [4.69, 9.17) is 4.52 Å². The Bertz CT molecular complexity index is 521. The molecule has 0 aliphatic heterocycles. The zero-order valence-electron chi connectivity index (χ0n) is 10.8. The summed E-state index contributed by atoms with van der Waals surface area (Å²) < 4.78 is 45.3. The van der Waals surface area contributed by atoms with Gasteiger partial charge in [0.1, 0.15) is 17.2 Å². The van der Waals surface area contributed by atoms with Gasteiger partial charge in [0, 0.05) is 11.6 Å². The minimum absolute atomic E-state index is 0.238. The number of nitrogens with zero attached hydrogens (tertiary/aromatic N) is 1. The SMILES string of the molecule is CC.Cc1cc(-c2ccccc2OC(F)(F)F)no1. The second-order valence-electron chi connectivity index (χ2n) is 3.37. The Kier molecular flexibility index (Phi) is 4.97. The van der Waals surface area contributed by atoms with E-state index in [9.17, 15) is 13.2 Å². The Hall–Kier alpha value is -1.98. The van der Waals surface area contributed by atoms with E-state index in [2.05, 4.69) is 9.89 Å². The van der Waals surface area contributed by atoms with Crippen LogP contribution in [0.5, 0.6) is 5.75 Å². The summed E-state index contributed by atoms with van der Waals surface area (Å²) in [4.78, 5) is 0. The van der Waals surface area contributed by atoms with E-state index in [-0.39, 0.29) is 11.3 Å². The summed E-state index contributed by atoms with van der Waals surface area (Å²) in [5.74, 6) is 0.218. The highest BCUT2D eigenvalue weighted by Gasteiger charge is 2.32. The number of rotatable bonds is 2. The second-order valence-corrected chi connectivity index (χ2v) is 3.37. The molecular formula is C13H14F3NO2. The van der Waals surface area contributed by atoms with Gasteiger partial charge in [-0.1, -0.05) is 31.1 Å². The third-order valence-corrected chi connectivity index (χ3v) is 2.02. The van der Waals surface area contributed by atoms with Crippen LogP contribution in [0.25, 0.3) is 11.3 Å². The molecule has 0 radical (unpaired) electrons. The molecule has 0 aliphatic rings. The van der Waals surface area contributed by atoms with Crippen molar-refractivity contribution in [1.29, 1.82) is 0 Å². The third-order valence-electron chi connectivity index (χ3n) is 2.02. The van der Waals surface area contributed by atoms with Gasteiger partial charge >= 0.3 is 6.36 Å². The van der Waals surface area contributed by atoms with E-state index in [0.29, 0.717) is 11.5 Å². The van der Waals surface area contributed by atoms with E-state index < -0.39 is 6.36 Å². The second kappa shape index (κ2) is 6.26. The third kappa shape index (κ3) is 4.31. The molecule has 2 aromatic rings. The quantitative estimate of drug-likeness (QED) is 0.803. The fourth-order valence-electron chi connectivity index (χ4n) is 1.39. The number of aryl methyl sites for hydroxylation is 1. The normalized spacial score (nSPS) is 10.6. The van der Waals surface area contributed by atoms with Crippen LogP contribution < -0.4 is 4.74 Å². The van der Waals surface area contributed by atoms with Crippen LogP contribution in [0.2, 0.25) is 0 Å². The van der Waals surface area contributed by atoms with Gasteiger partial charge in [0.25, 0.3) is 0 Å². The van der Waals surface area contributed by atoms with Crippen LogP contribution in [-0.4, -0.2) is 11.5 Å². The van der Waals surface area contributed by atoms with Gasteiger partial charge in [-0.15, -0.1) is 13.2 Å². The first-order valence-corrected chi connectivity index (χ1v) is 5.74. The van der Waals surface area contributed by atoms with Gasteiger partial charge in [0.2, 0.25) is 0 Å². The number of ether oxygens (including phenoxy) is 1. The lowest BCUT2D eigenvalue weighted by Gasteiger charge is -2.11. The number of alkyl halides is 3. The topological polar surface area (TPSA) is 35.3 Å². The highest BCUT2D eigenvalue weighted by molar-refractivity contribution is 5.66. The Labute approximate surface area is 109 Å². The summed E-state index contributed by atoms with van der Waals surface area (Å²) >= 11 is 0. The number of para-hydroxylation sites is 1. The molecule has 0 aliphatic carbocycles. The zero-order chi connectivity index (χ0) is 14.5. The van der Waals surface area contributed by atoms with Gasteiger partial charge in [-0.05, 0) is 19.1 Å². The molecule has 0 saturated carbocycles. The first kappa shape index (κ1) is 15.1. The van der Waals surface area contributed by atoms with Crippen LogP contribution in [0.4, 0.5) is 13.2 Å². The first-order valence-electron chi connectivity index (χ1n) is 5.74. The van der Waals surface area contributed by atoms with Gasteiger partial charge in [-0.3, -0.25) is 0 Å². The van der Waals surface area contributed by atoms with E-state index >= 15 is 0 Å². The summed E-state index contributed by atoms with van der Waals surface area (Å²) in [5.41, 5.74) is 0.545. The average molecular weight is 273 g/mol.